The van der Waals surface area contributed by atoms with Crippen molar-refractivity contribution in [3.05, 3.63) is 52.2 Å². The number of carbonyl (C=O) groups excluding carboxylic acids is 1. The van der Waals surface area contributed by atoms with E-state index in [0.29, 0.717) is 0 Å². The van der Waals surface area contributed by atoms with E-state index in [0.717, 1.165) is 16.0 Å². The summed E-state index contributed by atoms with van der Waals surface area (Å²) in [6, 6.07) is 9.58. The summed E-state index contributed by atoms with van der Waals surface area (Å²) in [4.78, 5) is 13.1. The molecule has 1 nitrogen and oxygen atoms in total. The quantitative estimate of drug-likeness (QED) is 0.595. The third-order valence-electron chi connectivity index (χ3n) is 2.13. The highest BCUT2D eigenvalue weighted by Crippen LogP contribution is 2.23. The highest BCUT2D eigenvalue weighted by Gasteiger charge is 2.12. The number of benzene rings is 1. The molecule has 2 rings (SSSR count). The minimum Gasteiger partial charge on any atom is -0.289 e. The standard InChI is InChI=1S/C12H10OS2/c1-14-11-5-3-2-4-10(11)12(13)9-6-7-15-8-9/h2-8H,1H3. The Morgan fingerprint density at radius 3 is 2.73 bits per heavy atom. The van der Waals surface area contributed by atoms with E-state index in [1.807, 2.05) is 47.3 Å². The lowest BCUT2D eigenvalue weighted by molar-refractivity contribution is 0.103. The Morgan fingerprint density at radius 2 is 2.07 bits per heavy atom. The number of carbonyl (C=O) groups is 1. The fourth-order valence-corrected chi connectivity index (χ4v) is 2.61. The lowest BCUT2D eigenvalue weighted by Crippen LogP contribution is -2.00. The van der Waals surface area contributed by atoms with Crippen molar-refractivity contribution < 1.29 is 4.79 Å². The summed E-state index contributed by atoms with van der Waals surface area (Å²) < 4.78 is 0. The Labute approximate surface area is 97.1 Å². The molecule has 1 aromatic carbocycles. The molecule has 0 spiro atoms. The lowest BCUT2D eigenvalue weighted by Gasteiger charge is -2.04. The van der Waals surface area contributed by atoms with Gasteiger partial charge in [-0.05, 0) is 29.8 Å². The summed E-state index contributed by atoms with van der Waals surface area (Å²) >= 11 is 3.15. The van der Waals surface area contributed by atoms with Crippen molar-refractivity contribution in [3.8, 4) is 0 Å². The highest BCUT2D eigenvalue weighted by atomic mass is 32.2. The predicted octanol–water partition coefficient (Wildman–Crippen LogP) is 3.70. The van der Waals surface area contributed by atoms with E-state index in [1.54, 1.807) is 23.1 Å². The van der Waals surface area contributed by atoms with Gasteiger partial charge in [0.1, 0.15) is 0 Å². The van der Waals surface area contributed by atoms with Gasteiger partial charge < -0.3 is 0 Å². The second-order valence-electron chi connectivity index (χ2n) is 3.04. The van der Waals surface area contributed by atoms with E-state index in [2.05, 4.69) is 0 Å². The van der Waals surface area contributed by atoms with Crippen molar-refractivity contribution in [3.63, 3.8) is 0 Å². The van der Waals surface area contributed by atoms with Gasteiger partial charge in [-0.3, -0.25) is 4.79 Å². The van der Waals surface area contributed by atoms with Gasteiger partial charge in [0.05, 0.1) is 0 Å². The molecular formula is C12H10OS2. The van der Waals surface area contributed by atoms with Crippen LogP contribution in [0.4, 0.5) is 0 Å². The summed E-state index contributed by atoms with van der Waals surface area (Å²) in [7, 11) is 0. The molecule has 76 valence electrons. The number of ketones is 1. The van der Waals surface area contributed by atoms with Gasteiger partial charge in [-0.1, -0.05) is 12.1 Å². The van der Waals surface area contributed by atoms with E-state index in [-0.39, 0.29) is 5.78 Å². The molecule has 0 bridgehead atoms. The average Bonchev–Trinajstić information content (AvgIpc) is 2.81. The van der Waals surface area contributed by atoms with Crippen molar-refractivity contribution in [2.45, 2.75) is 4.90 Å². The molecule has 0 saturated carbocycles. The first-order valence-corrected chi connectivity index (χ1v) is 6.69. The normalized spacial score (nSPS) is 10.2. The van der Waals surface area contributed by atoms with Gasteiger partial charge >= 0.3 is 0 Å². The van der Waals surface area contributed by atoms with Crippen LogP contribution in [0.5, 0.6) is 0 Å². The van der Waals surface area contributed by atoms with Crippen LogP contribution >= 0.6 is 23.1 Å². The van der Waals surface area contributed by atoms with Crippen molar-refractivity contribution >= 4 is 28.9 Å². The summed E-state index contributed by atoms with van der Waals surface area (Å²) in [6.07, 6.45) is 1.99. The van der Waals surface area contributed by atoms with Crippen LogP contribution in [0.1, 0.15) is 15.9 Å². The fraction of sp³-hybridized carbons (Fsp3) is 0.0833. The second kappa shape index (κ2) is 4.64. The molecule has 1 heterocycles. The smallest absolute Gasteiger partial charge is 0.194 e. The van der Waals surface area contributed by atoms with Gasteiger partial charge in [0, 0.05) is 21.4 Å². The van der Waals surface area contributed by atoms with Crippen molar-refractivity contribution in [1.29, 1.82) is 0 Å². The molecule has 1 aromatic heterocycles. The topological polar surface area (TPSA) is 17.1 Å². The number of thioether (sulfide) groups is 1. The molecule has 0 radical (unpaired) electrons. The van der Waals surface area contributed by atoms with E-state index in [1.165, 1.54) is 0 Å². The number of rotatable bonds is 3. The van der Waals surface area contributed by atoms with E-state index in [9.17, 15) is 4.79 Å². The number of hydrogen-bond donors (Lipinski definition) is 0. The SMILES string of the molecule is CSc1ccccc1C(=O)c1ccsc1. The van der Waals surface area contributed by atoms with Crippen LogP contribution in [0.2, 0.25) is 0 Å². The maximum Gasteiger partial charge on any atom is 0.194 e. The van der Waals surface area contributed by atoms with Gasteiger partial charge in [0.25, 0.3) is 0 Å². The second-order valence-corrected chi connectivity index (χ2v) is 4.67. The zero-order valence-electron chi connectivity index (χ0n) is 8.27. The first-order chi connectivity index (χ1) is 7.33. The Morgan fingerprint density at radius 1 is 1.27 bits per heavy atom. The van der Waals surface area contributed by atoms with Crippen LogP contribution in [-0.4, -0.2) is 12.0 Å². The molecule has 0 atom stereocenters. The van der Waals surface area contributed by atoms with E-state index < -0.39 is 0 Å². The first kappa shape index (κ1) is 10.5. The molecule has 3 heteroatoms. The van der Waals surface area contributed by atoms with Crippen LogP contribution in [0.25, 0.3) is 0 Å². The molecule has 15 heavy (non-hydrogen) atoms. The van der Waals surface area contributed by atoms with Gasteiger partial charge in [-0.15, -0.1) is 11.8 Å². The van der Waals surface area contributed by atoms with Crippen LogP contribution in [-0.2, 0) is 0 Å². The molecule has 0 aliphatic heterocycles. The molecule has 0 fully saturated rings. The Hall–Kier alpha value is -1.06. The van der Waals surface area contributed by atoms with E-state index in [4.69, 9.17) is 0 Å². The number of hydrogen-bond acceptors (Lipinski definition) is 3. The number of thiophene rings is 1. The van der Waals surface area contributed by atoms with Crippen LogP contribution in [0.15, 0.2) is 46.0 Å². The Balaban J connectivity index is 2.42. The monoisotopic (exact) mass is 234 g/mol. The summed E-state index contributed by atoms with van der Waals surface area (Å²) in [5.74, 6) is 0.112. The van der Waals surface area contributed by atoms with Gasteiger partial charge in [-0.25, -0.2) is 0 Å². The summed E-state index contributed by atoms with van der Waals surface area (Å²) in [6.45, 7) is 0. The third-order valence-corrected chi connectivity index (χ3v) is 3.61. The fourth-order valence-electron chi connectivity index (χ4n) is 1.38. The highest BCUT2D eigenvalue weighted by molar-refractivity contribution is 7.98. The van der Waals surface area contributed by atoms with Crippen LogP contribution in [0, 0.1) is 0 Å². The molecule has 0 amide bonds. The minimum atomic E-state index is 0.112. The zero-order valence-corrected chi connectivity index (χ0v) is 9.90. The first-order valence-electron chi connectivity index (χ1n) is 4.53. The maximum atomic E-state index is 12.1. The average molecular weight is 234 g/mol. The van der Waals surface area contributed by atoms with Gasteiger partial charge in [0.2, 0.25) is 0 Å². The van der Waals surface area contributed by atoms with Crippen LogP contribution in [0.3, 0.4) is 0 Å². The van der Waals surface area contributed by atoms with E-state index >= 15 is 0 Å². The predicted molar refractivity (Wildman–Crippen MR) is 66.0 cm³/mol. The maximum absolute atomic E-state index is 12.1. The minimum absolute atomic E-state index is 0.112. The van der Waals surface area contributed by atoms with Crippen molar-refractivity contribution in [1.82, 2.24) is 0 Å². The molecule has 0 N–H and O–H groups in total. The molecule has 0 unspecified atom stereocenters. The van der Waals surface area contributed by atoms with Crippen LogP contribution < -0.4 is 0 Å². The molecular weight excluding hydrogens is 224 g/mol. The van der Waals surface area contributed by atoms with Crippen molar-refractivity contribution in [2.75, 3.05) is 6.26 Å². The summed E-state index contributed by atoms with van der Waals surface area (Å²) in [5.41, 5.74) is 1.57. The third kappa shape index (κ3) is 2.13. The molecule has 2 aromatic rings. The lowest BCUT2D eigenvalue weighted by atomic mass is 10.1. The molecule has 0 saturated heterocycles. The zero-order chi connectivity index (χ0) is 10.7. The van der Waals surface area contributed by atoms with Crippen molar-refractivity contribution in [2.24, 2.45) is 0 Å². The Kier molecular flexibility index (Phi) is 3.23. The Bertz CT molecular complexity index is 460. The molecule has 0 aliphatic rings. The summed E-state index contributed by atoms with van der Waals surface area (Å²) in [5, 5.41) is 3.81. The largest absolute Gasteiger partial charge is 0.289 e. The van der Waals surface area contributed by atoms with Gasteiger partial charge in [0.15, 0.2) is 5.78 Å². The molecule has 0 aliphatic carbocycles. The van der Waals surface area contributed by atoms with Gasteiger partial charge in [-0.2, -0.15) is 11.3 Å².